The van der Waals surface area contributed by atoms with Crippen LogP contribution >= 0.6 is 0 Å². The van der Waals surface area contributed by atoms with Gasteiger partial charge in [0.25, 0.3) is 0 Å². The third-order valence-electron chi connectivity index (χ3n) is 8.71. The Kier molecular flexibility index (Phi) is 6.97. The third-order valence-corrected chi connectivity index (χ3v) is 8.71. The van der Waals surface area contributed by atoms with Gasteiger partial charge in [0.1, 0.15) is 0 Å². The Labute approximate surface area is 164 Å². The first-order chi connectivity index (χ1) is 11.9. The van der Waals surface area contributed by atoms with Gasteiger partial charge in [0.2, 0.25) is 0 Å². The van der Waals surface area contributed by atoms with E-state index < -0.39 is 0 Å². The lowest BCUT2D eigenvalue weighted by atomic mass is 9.61. The highest BCUT2D eigenvalue weighted by Crippen LogP contribution is 2.59. The van der Waals surface area contributed by atoms with Crippen LogP contribution in [-0.2, 0) is 0 Å². The molecule has 0 aliphatic heterocycles. The van der Waals surface area contributed by atoms with Crippen LogP contribution in [0, 0.1) is 52.3 Å². The minimum Gasteiger partial charge on any atom is -0.393 e. The fourth-order valence-electron chi connectivity index (χ4n) is 6.90. The number of rotatable bonds is 7. The molecule has 7 unspecified atom stereocenters. The molecule has 1 N–H and O–H groups in total. The molecule has 0 aromatic heterocycles. The molecule has 0 amide bonds. The Hall–Kier alpha value is -0.0400. The van der Waals surface area contributed by atoms with Gasteiger partial charge in [-0.3, -0.25) is 0 Å². The fraction of sp³-hybridized carbons (Fsp3) is 1.00. The summed E-state index contributed by atoms with van der Waals surface area (Å²) in [6.45, 7) is 21.7. The van der Waals surface area contributed by atoms with Crippen LogP contribution in [0.2, 0.25) is 0 Å². The van der Waals surface area contributed by atoms with Crippen molar-refractivity contribution in [2.75, 3.05) is 0 Å². The first kappa shape index (κ1) is 22.3. The van der Waals surface area contributed by atoms with Crippen LogP contribution in [0.1, 0.15) is 101 Å². The van der Waals surface area contributed by atoms with E-state index in [4.69, 9.17) is 0 Å². The van der Waals surface area contributed by atoms with Gasteiger partial charge in [-0.15, -0.1) is 0 Å². The molecular weight excluding hydrogens is 316 g/mol. The molecule has 0 spiro atoms. The molecule has 2 aliphatic carbocycles. The van der Waals surface area contributed by atoms with Crippen molar-refractivity contribution < 1.29 is 5.11 Å². The number of hydrogen-bond acceptors (Lipinski definition) is 1. The zero-order chi connectivity index (χ0) is 19.9. The van der Waals surface area contributed by atoms with Gasteiger partial charge in [-0.2, -0.15) is 0 Å². The number of aliphatic hydroxyl groups excluding tert-OH is 1. The largest absolute Gasteiger partial charge is 0.393 e. The summed E-state index contributed by atoms with van der Waals surface area (Å²) in [6, 6.07) is 0. The van der Waals surface area contributed by atoms with Gasteiger partial charge in [-0.1, -0.05) is 68.7 Å². The molecule has 26 heavy (non-hydrogen) atoms. The molecule has 0 radical (unpaired) electrons. The summed E-state index contributed by atoms with van der Waals surface area (Å²) in [6.07, 6.45) is 7.44. The van der Waals surface area contributed by atoms with Crippen LogP contribution in [-0.4, -0.2) is 11.2 Å². The second-order valence-electron chi connectivity index (χ2n) is 11.9. The van der Waals surface area contributed by atoms with Crippen molar-refractivity contribution in [1.29, 1.82) is 0 Å². The van der Waals surface area contributed by atoms with Crippen LogP contribution in [0.15, 0.2) is 0 Å². The zero-order valence-electron chi connectivity index (χ0n) is 19.3. The fourth-order valence-corrected chi connectivity index (χ4v) is 6.90. The first-order valence-corrected chi connectivity index (χ1v) is 11.6. The van der Waals surface area contributed by atoms with Crippen LogP contribution in [0.5, 0.6) is 0 Å². The molecule has 0 bridgehead atoms. The molecule has 1 nitrogen and oxygen atoms in total. The van der Waals surface area contributed by atoms with Crippen molar-refractivity contribution in [2.45, 2.75) is 107 Å². The molecule has 0 aromatic carbocycles. The van der Waals surface area contributed by atoms with Crippen LogP contribution in [0.25, 0.3) is 0 Å². The van der Waals surface area contributed by atoms with E-state index in [2.05, 4.69) is 62.3 Å². The summed E-state index contributed by atoms with van der Waals surface area (Å²) in [5.41, 5.74) is 0.579. The van der Waals surface area contributed by atoms with Crippen molar-refractivity contribution >= 4 is 0 Å². The molecule has 1 heteroatoms. The van der Waals surface area contributed by atoms with Crippen LogP contribution < -0.4 is 0 Å². The van der Waals surface area contributed by atoms with Gasteiger partial charge in [0.05, 0.1) is 6.10 Å². The molecule has 2 aliphatic rings. The molecule has 0 heterocycles. The smallest absolute Gasteiger partial charge is 0.0599 e. The number of hydrogen-bond donors (Lipinski definition) is 1. The van der Waals surface area contributed by atoms with Crippen molar-refractivity contribution in [1.82, 2.24) is 0 Å². The van der Waals surface area contributed by atoms with Gasteiger partial charge in [-0.05, 0) is 84.4 Å². The average Bonchev–Trinajstić information content (AvgIpc) is 2.96. The standard InChI is InChI=1S/C25H48O/c1-10-19(16(2)3)11-22(21-15-24(7,8)13-18(21)6)25(9)14-20(17(4)5)12-23(25)26/h16-23,26H,10-15H2,1-9H3. The van der Waals surface area contributed by atoms with E-state index >= 15 is 0 Å². The Balaban J connectivity index is 2.34. The lowest BCUT2D eigenvalue weighted by Crippen LogP contribution is -2.41. The summed E-state index contributed by atoms with van der Waals surface area (Å²) < 4.78 is 0. The van der Waals surface area contributed by atoms with Gasteiger partial charge >= 0.3 is 0 Å². The third kappa shape index (κ3) is 4.50. The van der Waals surface area contributed by atoms with Gasteiger partial charge in [0.15, 0.2) is 0 Å². The molecule has 2 fully saturated rings. The highest BCUT2D eigenvalue weighted by atomic mass is 16.3. The summed E-state index contributed by atoms with van der Waals surface area (Å²) in [5, 5.41) is 11.2. The monoisotopic (exact) mass is 364 g/mol. The zero-order valence-corrected chi connectivity index (χ0v) is 19.3. The molecule has 2 saturated carbocycles. The maximum Gasteiger partial charge on any atom is 0.0599 e. The predicted octanol–water partition coefficient (Wildman–Crippen LogP) is 7.18. The molecular formula is C25H48O. The van der Waals surface area contributed by atoms with E-state index in [1.807, 2.05) is 0 Å². The van der Waals surface area contributed by atoms with Gasteiger partial charge in [-0.25, -0.2) is 0 Å². The Bertz CT molecular complexity index is 451. The maximum atomic E-state index is 11.2. The molecule has 0 aromatic rings. The van der Waals surface area contributed by atoms with Crippen molar-refractivity contribution in [2.24, 2.45) is 52.3 Å². The summed E-state index contributed by atoms with van der Waals surface area (Å²) in [7, 11) is 0. The van der Waals surface area contributed by atoms with Crippen LogP contribution in [0.3, 0.4) is 0 Å². The maximum absolute atomic E-state index is 11.2. The molecule has 7 atom stereocenters. The minimum atomic E-state index is -0.111. The van der Waals surface area contributed by atoms with Crippen molar-refractivity contribution in [3.63, 3.8) is 0 Å². The van der Waals surface area contributed by atoms with Gasteiger partial charge < -0.3 is 5.11 Å². The van der Waals surface area contributed by atoms with Crippen molar-refractivity contribution in [3.8, 4) is 0 Å². The van der Waals surface area contributed by atoms with Gasteiger partial charge in [0, 0.05) is 0 Å². The van der Waals surface area contributed by atoms with E-state index in [9.17, 15) is 5.11 Å². The lowest BCUT2D eigenvalue weighted by Gasteiger charge is -2.45. The highest BCUT2D eigenvalue weighted by Gasteiger charge is 2.54. The summed E-state index contributed by atoms with van der Waals surface area (Å²) >= 11 is 0. The Morgan fingerprint density at radius 3 is 2.00 bits per heavy atom. The van der Waals surface area contributed by atoms with E-state index in [0.717, 1.165) is 30.1 Å². The van der Waals surface area contributed by atoms with Crippen LogP contribution in [0.4, 0.5) is 0 Å². The second kappa shape index (κ2) is 8.14. The highest BCUT2D eigenvalue weighted by molar-refractivity contribution is 5.03. The predicted molar refractivity (Wildman–Crippen MR) is 114 cm³/mol. The quantitative estimate of drug-likeness (QED) is 0.507. The normalized spacial score (nSPS) is 39.7. The van der Waals surface area contributed by atoms with E-state index in [-0.39, 0.29) is 11.5 Å². The SMILES string of the molecule is CCC(CC(C1CC(C)(C)CC1C)C1(C)CC(C(C)C)CC1O)C(C)C. The molecule has 154 valence electrons. The molecule has 0 saturated heterocycles. The Morgan fingerprint density at radius 2 is 1.62 bits per heavy atom. The van der Waals surface area contributed by atoms with E-state index in [0.29, 0.717) is 23.2 Å². The van der Waals surface area contributed by atoms with Crippen molar-refractivity contribution in [3.05, 3.63) is 0 Å². The second-order valence-corrected chi connectivity index (χ2v) is 11.9. The van der Waals surface area contributed by atoms with E-state index in [1.165, 1.54) is 32.1 Å². The van der Waals surface area contributed by atoms with E-state index in [1.54, 1.807) is 0 Å². The average molecular weight is 365 g/mol. The topological polar surface area (TPSA) is 20.2 Å². The first-order valence-electron chi connectivity index (χ1n) is 11.6. The summed E-state index contributed by atoms with van der Waals surface area (Å²) in [5.74, 6) is 5.17. The number of aliphatic hydroxyl groups is 1. The minimum absolute atomic E-state index is 0.108. The lowest BCUT2D eigenvalue weighted by molar-refractivity contribution is -0.0264. The molecule has 2 rings (SSSR count). The summed E-state index contributed by atoms with van der Waals surface area (Å²) in [4.78, 5) is 0. The Morgan fingerprint density at radius 1 is 1.00 bits per heavy atom.